The molecule has 0 aromatic rings. The van der Waals surface area contributed by atoms with Gasteiger partial charge in [0, 0.05) is 18.1 Å². The summed E-state index contributed by atoms with van der Waals surface area (Å²) < 4.78 is 5.17. The molecule has 7 nitrogen and oxygen atoms in total. The maximum atomic E-state index is 10.4. The van der Waals surface area contributed by atoms with Crippen LogP contribution in [0.25, 0.3) is 10.4 Å². The molecule has 1 rings (SSSR count). The Morgan fingerprint density at radius 2 is 2.40 bits per heavy atom. The second kappa shape index (κ2) is 5.43. The molecule has 1 aliphatic carbocycles. The Morgan fingerprint density at radius 1 is 1.67 bits per heavy atom. The van der Waals surface area contributed by atoms with Crippen LogP contribution in [0, 0.1) is 0 Å². The van der Waals surface area contributed by atoms with Gasteiger partial charge in [0.1, 0.15) is 0 Å². The van der Waals surface area contributed by atoms with E-state index >= 15 is 0 Å². The first kappa shape index (κ1) is 11.6. The maximum absolute atomic E-state index is 10.4. The lowest BCUT2D eigenvalue weighted by Crippen LogP contribution is -2.44. The number of ether oxygens (including phenoxy) is 1. The summed E-state index contributed by atoms with van der Waals surface area (Å²) in [6.45, 7) is 0. The third kappa shape index (κ3) is 3.30. The molecule has 0 bridgehead atoms. The zero-order valence-corrected chi connectivity index (χ0v) is 8.46. The molecule has 1 amide bonds. The number of amides is 1. The van der Waals surface area contributed by atoms with Crippen LogP contribution in [-0.2, 0) is 4.74 Å². The fraction of sp³-hybridized carbons (Fsp3) is 0.875. The van der Waals surface area contributed by atoms with E-state index in [1.165, 1.54) is 0 Å². The lowest BCUT2D eigenvalue weighted by Gasteiger charge is -2.32. The van der Waals surface area contributed by atoms with Gasteiger partial charge in [-0.05, 0) is 24.8 Å². The van der Waals surface area contributed by atoms with Gasteiger partial charge in [-0.15, -0.1) is 0 Å². The first-order chi connectivity index (χ1) is 7.17. The van der Waals surface area contributed by atoms with Gasteiger partial charge in [0.05, 0.1) is 12.1 Å². The van der Waals surface area contributed by atoms with E-state index in [4.69, 9.17) is 15.4 Å². The van der Waals surface area contributed by atoms with Crippen LogP contribution in [0.1, 0.15) is 19.3 Å². The van der Waals surface area contributed by atoms with E-state index in [0.717, 1.165) is 0 Å². The Balaban J connectivity index is 2.57. The van der Waals surface area contributed by atoms with Gasteiger partial charge in [0.2, 0.25) is 0 Å². The van der Waals surface area contributed by atoms with Crippen molar-refractivity contribution in [1.29, 1.82) is 0 Å². The molecule has 0 unspecified atom stereocenters. The standard InChI is InChI=1S/C8H14N4O3/c1-15-7-3-2-5(10-8(13)14)4-6(7)11-12-9/h5-7,10H,2-4H2,1H3,(H,13,14)/t5-,6+,7+/m0/s1. The van der Waals surface area contributed by atoms with Crippen molar-refractivity contribution in [2.75, 3.05) is 7.11 Å². The molecule has 1 aliphatic rings. The van der Waals surface area contributed by atoms with Crippen molar-refractivity contribution >= 4 is 6.09 Å². The van der Waals surface area contributed by atoms with Crippen LogP contribution >= 0.6 is 0 Å². The van der Waals surface area contributed by atoms with Crippen LogP contribution in [-0.4, -0.2) is 36.5 Å². The summed E-state index contributed by atoms with van der Waals surface area (Å²) >= 11 is 0. The number of nitrogens with zero attached hydrogens (tertiary/aromatic N) is 3. The highest BCUT2D eigenvalue weighted by Crippen LogP contribution is 2.24. The molecule has 7 heteroatoms. The van der Waals surface area contributed by atoms with Crippen LogP contribution in [0.2, 0.25) is 0 Å². The summed E-state index contributed by atoms with van der Waals surface area (Å²) in [5.41, 5.74) is 8.37. The van der Waals surface area contributed by atoms with Gasteiger partial charge in [0.15, 0.2) is 0 Å². The molecule has 15 heavy (non-hydrogen) atoms. The molecule has 0 spiro atoms. The van der Waals surface area contributed by atoms with Gasteiger partial charge < -0.3 is 15.2 Å². The predicted octanol–water partition coefficient (Wildman–Crippen LogP) is 1.50. The highest BCUT2D eigenvalue weighted by atomic mass is 16.5. The second-order valence-electron chi connectivity index (χ2n) is 3.51. The molecule has 84 valence electrons. The maximum Gasteiger partial charge on any atom is 0.404 e. The predicted molar refractivity (Wildman–Crippen MR) is 52.5 cm³/mol. The van der Waals surface area contributed by atoms with Gasteiger partial charge >= 0.3 is 6.09 Å². The SMILES string of the molecule is CO[C@@H]1CC[C@H](NC(=O)O)C[C@H]1N=[N+]=[N-]. The smallest absolute Gasteiger partial charge is 0.404 e. The number of azide groups is 1. The van der Waals surface area contributed by atoms with Gasteiger partial charge in [0.25, 0.3) is 0 Å². The molecule has 0 saturated heterocycles. The Bertz CT molecular complexity index is 277. The molecule has 0 aliphatic heterocycles. The van der Waals surface area contributed by atoms with Crippen molar-refractivity contribution in [1.82, 2.24) is 5.32 Å². The summed E-state index contributed by atoms with van der Waals surface area (Å²) in [5, 5.41) is 14.6. The number of carboxylic acid groups (broad SMARTS) is 1. The minimum atomic E-state index is -1.05. The highest BCUT2D eigenvalue weighted by molar-refractivity contribution is 5.64. The number of carbonyl (C=O) groups is 1. The highest BCUT2D eigenvalue weighted by Gasteiger charge is 2.30. The molecule has 0 radical (unpaired) electrons. The molecule has 2 N–H and O–H groups in total. The van der Waals surface area contributed by atoms with Crippen molar-refractivity contribution in [3.8, 4) is 0 Å². The van der Waals surface area contributed by atoms with E-state index in [2.05, 4.69) is 15.3 Å². The molecular formula is C8H14N4O3. The zero-order chi connectivity index (χ0) is 11.3. The third-order valence-electron chi connectivity index (χ3n) is 2.59. The Labute approximate surface area is 87.0 Å². The number of rotatable bonds is 3. The Kier molecular flexibility index (Phi) is 4.20. The monoisotopic (exact) mass is 214 g/mol. The molecule has 1 fully saturated rings. The van der Waals surface area contributed by atoms with E-state index in [-0.39, 0.29) is 18.2 Å². The van der Waals surface area contributed by atoms with Crippen LogP contribution in [0.3, 0.4) is 0 Å². The third-order valence-corrected chi connectivity index (χ3v) is 2.59. The quantitative estimate of drug-likeness (QED) is 0.422. The lowest BCUT2D eigenvalue weighted by molar-refractivity contribution is 0.0461. The largest absolute Gasteiger partial charge is 0.465 e. The topological polar surface area (TPSA) is 107 Å². The lowest BCUT2D eigenvalue weighted by atomic mass is 9.89. The van der Waals surface area contributed by atoms with Crippen LogP contribution in [0.4, 0.5) is 4.79 Å². The fourth-order valence-electron chi connectivity index (χ4n) is 1.89. The van der Waals surface area contributed by atoms with Crippen LogP contribution < -0.4 is 5.32 Å². The molecule has 3 atom stereocenters. The number of hydrogen-bond acceptors (Lipinski definition) is 3. The van der Waals surface area contributed by atoms with Gasteiger partial charge in [-0.1, -0.05) is 5.11 Å². The first-order valence-corrected chi connectivity index (χ1v) is 4.73. The van der Waals surface area contributed by atoms with Gasteiger partial charge in [-0.2, -0.15) is 0 Å². The second-order valence-corrected chi connectivity index (χ2v) is 3.51. The van der Waals surface area contributed by atoms with Crippen molar-refractivity contribution in [2.24, 2.45) is 5.11 Å². The van der Waals surface area contributed by atoms with Crippen LogP contribution in [0.15, 0.2) is 5.11 Å². The first-order valence-electron chi connectivity index (χ1n) is 4.73. The van der Waals surface area contributed by atoms with Gasteiger partial charge in [-0.25, -0.2) is 4.79 Å². The minimum absolute atomic E-state index is 0.104. The van der Waals surface area contributed by atoms with E-state index in [0.29, 0.717) is 19.3 Å². The molecular weight excluding hydrogens is 200 g/mol. The van der Waals surface area contributed by atoms with Crippen molar-refractivity contribution in [2.45, 2.75) is 37.5 Å². The summed E-state index contributed by atoms with van der Waals surface area (Å²) in [6, 6.07) is -0.435. The van der Waals surface area contributed by atoms with E-state index in [1.807, 2.05) is 0 Å². The van der Waals surface area contributed by atoms with Gasteiger partial charge in [-0.3, -0.25) is 0 Å². The Hall–Kier alpha value is -1.46. The summed E-state index contributed by atoms with van der Waals surface area (Å²) in [4.78, 5) is 13.2. The molecule has 0 aromatic carbocycles. The number of nitrogens with one attached hydrogen (secondary N) is 1. The average molecular weight is 214 g/mol. The van der Waals surface area contributed by atoms with E-state index in [9.17, 15) is 4.79 Å². The molecule has 1 saturated carbocycles. The number of hydrogen-bond donors (Lipinski definition) is 2. The zero-order valence-electron chi connectivity index (χ0n) is 8.46. The normalized spacial score (nSPS) is 30.3. The molecule has 0 heterocycles. The molecule has 0 aromatic heterocycles. The van der Waals surface area contributed by atoms with Crippen molar-refractivity contribution in [3.63, 3.8) is 0 Å². The minimum Gasteiger partial charge on any atom is -0.465 e. The van der Waals surface area contributed by atoms with Crippen molar-refractivity contribution in [3.05, 3.63) is 10.4 Å². The fourth-order valence-corrected chi connectivity index (χ4v) is 1.89. The Morgan fingerprint density at radius 3 is 2.93 bits per heavy atom. The van der Waals surface area contributed by atoms with E-state index in [1.54, 1.807) is 7.11 Å². The summed E-state index contributed by atoms with van der Waals surface area (Å²) in [7, 11) is 1.56. The van der Waals surface area contributed by atoms with Crippen molar-refractivity contribution < 1.29 is 14.6 Å². The number of methoxy groups -OCH3 is 1. The average Bonchev–Trinajstić information content (AvgIpc) is 2.18. The summed E-state index contributed by atoms with van der Waals surface area (Å²) in [6.07, 6.45) is 0.755. The van der Waals surface area contributed by atoms with E-state index < -0.39 is 6.09 Å². The van der Waals surface area contributed by atoms with Crippen LogP contribution in [0.5, 0.6) is 0 Å². The summed E-state index contributed by atoms with van der Waals surface area (Å²) in [5.74, 6) is 0.